The Morgan fingerprint density at radius 2 is 2.35 bits per heavy atom. The number of hydrogen-bond acceptors (Lipinski definition) is 4. The van der Waals surface area contributed by atoms with E-state index in [0.29, 0.717) is 12.5 Å². The van der Waals surface area contributed by atoms with Crippen molar-refractivity contribution in [2.75, 3.05) is 19.6 Å². The molecule has 6 nitrogen and oxygen atoms in total. The molecule has 0 aromatic carbocycles. The lowest BCUT2D eigenvalue weighted by molar-refractivity contribution is -0.128. The summed E-state index contributed by atoms with van der Waals surface area (Å²) in [6, 6.07) is 0. The molecule has 1 N–H and O–H groups in total. The first-order valence-corrected chi connectivity index (χ1v) is 8.84. The summed E-state index contributed by atoms with van der Waals surface area (Å²) >= 11 is 0. The number of aryl methyl sites for hydroxylation is 1. The number of nitrogens with zero attached hydrogens (tertiary/aromatic N) is 4. The number of likely N-dealkylation sites (N-methyl/N-ethyl adjacent to an activating group) is 1. The molecular formula is C17H27N5O. The van der Waals surface area contributed by atoms with Gasteiger partial charge in [-0.05, 0) is 44.9 Å². The van der Waals surface area contributed by atoms with Crippen molar-refractivity contribution >= 4 is 5.91 Å². The van der Waals surface area contributed by atoms with Crippen LogP contribution in [-0.2, 0) is 17.8 Å². The second kappa shape index (κ2) is 7.73. The molecule has 0 saturated heterocycles. The molecule has 1 aromatic rings. The van der Waals surface area contributed by atoms with E-state index in [-0.39, 0.29) is 5.91 Å². The molecule has 1 aromatic heterocycles. The molecular weight excluding hydrogens is 290 g/mol. The van der Waals surface area contributed by atoms with E-state index in [2.05, 4.69) is 33.1 Å². The van der Waals surface area contributed by atoms with E-state index in [1.54, 1.807) is 6.33 Å². The Hall–Kier alpha value is -1.69. The van der Waals surface area contributed by atoms with Crippen LogP contribution >= 0.6 is 0 Å². The fourth-order valence-corrected chi connectivity index (χ4v) is 3.58. The first kappa shape index (κ1) is 16.2. The van der Waals surface area contributed by atoms with E-state index in [1.807, 2.05) is 4.90 Å². The lowest BCUT2D eigenvalue weighted by Gasteiger charge is -2.27. The van der Waals surface area contributed by atoms with Crippen LogP contribution in [0, 0.1) is 5.92 Å². The third-order valence-electron chi connectivity index (χ3n) is 4.87. The van der Waals surface area contributed by atoms with Crippen LogP contribution in [0.4, 0.5) is 0 Å². The van der Waals surface area contributed by atoms with E-state index >= 15 is 0 Å². The zero-order valence-corrected chi connectivity index (χ0v) is 14.0. The van der Waals surface area contributed by atoms with Gasteiger partial charge in [-0.25, -0.2) is 0 Å². The molecule has 1 aliphatic carbocycles. The van der Waals surface area contributed by atoms with Crippen LogP contribution in [-0.4, -0.2) is 45.2 Å². The molecule has 0 saturated carbocycles. The minimum Gasteiger partial charge on any atom is -0.317 e. The molecule has 1 aliphatic heterocycles. The second-order valence-corrected chi connectivity index (χ2v) is 6.51. The van der Waals surface area contributed by atoms with Crippen molar-refractivity contribution in [1.82, 2.24) is 25.0 Å². The molecule has 0 fully saturated rings. The Morgan fingerprint density at radius 3 is 3.13 bits per heavy atom. The Bertz CT molecular complexity index is 565. The number of nitrogens with one attached hydrogen (secondary N) is 1. The average molecular weight is 317 g/mol. The summed E-state index contributed by atoms with van der Waals surface area (Å²) in [4.78, 5) is 14.4. The van der Waals surface area contributed by atoms with E-state index in [0.717, 1.165) is 51.1 Å². The number of rotatable bonds is 6. The van der Waals surface area contributed by atoms with Crippen LogP contribution in [0.15, 0.2) is 18.1 Å². The smallest absolute Gasteiger partial charge is 0.240 e. The largest absolute Gasteiger partial charge is 0.317 e. The van der Waals surface area contributed by atoms with E-state index in [9.17, 15) is 4.79 Å². The maximum absolute atomic E-state index is 12.5. The summed E-state index contributed by atoms with van der Waals surface area (Å²) in [5.74, 6) is 1.83. The predicted octanol–water partition coefficient (Wildman–Crippen LogP) is 1.74. The monoisotopic (exact) mass is 317 g/mol. The highest BCUT2D eigenvalue weighted by molar-refractivity contribution is 5.80. The van der Waals surface area contributed by atoms with Gasteiger partial charge in [-0.15, -0.1) is 10.2 Å². The van der Waals surface area contributed by atoms with Gasteiger partial charge in [0.15, 0.2) is 0 Å². The highest BCUT2D eigenvalue weighted by Gasteiger charge is 2.21. The van der Waals surface area contributed by atoms with Gasteiger partial charge in [-0.2, -0.15) is 0 Å². The van der Waals surface area contributed by atoms with E-state index in [1.165, 1.54) is 18.5 Å². The fourth-order valence-electron chi connectivity index (χ4n) is 3.58. The van der Waals surface area contributed by atoms with Gasteiger partial charge < -0.3 is 14.8 Å². The summed E-state index contributed by atoms with van der Waals surface area (Å²) in [6.45, 7) is 5.07. The molecule has 2 heterocycles. The fraction of sp³-hybridized carbons (Fsp3) is 0.706. The maximum Gasteiger partial charge on any atom is 0.240 e. The van der Waals surface area contributed by atoms with Gasteiger partial charge in [0.1, 0.15) is 12.2 Å². The van der Waals surface area contributed by atoms with Gasteiger partial charge in [0.25, 0.3) is 0 Å². The Labute approximate surface area is 138 Å². The van der Waals surface area contributed by atoms with Crippen molar-refractivity contribution in [3.63, 3.8) is 0 Å². The Kier molecular flexibility index (Phi) is 5.43. The van der Waals surface area contributed by atoms with Crippen molar-refractivity contribution in [2.24, 2.45) is 5.92 Å². The lowest BCUT2D eigenvalue weighted by atomic mass is 9.99. The molecule has 1 unspecified atom stereocenters. The number of fused-ring (bicyclic) bond motifs is 1. The van der Waals surface area contributed by atoms with Crippen molar-refractivity contribution in [1.29, 1.82) is 0 Å². The quantitative estimate of drug-likeness (QED) is 0.868. The third kappa shape index (κ3) is 3.99. The van der Waals surface area contributed by atoms with E-state index < -0.39 is 0 Å². The number of allylic oxidation sites excluding steroid dienone is 2. The molecule has 1 amide bonds. The summed E-state index contributed by atoms with van der Waals surface area (Å²) < 4.78 is 2.13. The van der Waals surface area contributed by atoms with Crippen LogP contribution in [0.3, 0.4) is 0 Å². The molecule has 0 spiro atoms. The topological polar surface area (TPSA) is 63.1 Å². The zero-order chi connectivity index (χ0) is 16.1. The van der Waals surface area contributed by atoms with Crippen molar-refractivity contribution in [3.8, 4) is 0 Å². The SMILES string of the molecule is CCN(C(=O)CNCC1CCc2nncn2C1)C1=CCCCC1. The van der Waals surface area contributed by atoms with Gasteiger partial charge >= 0.3 is 0 Å². The molecule has 1 atom stereocenters. The van der Waals surface area contributed by atoms with Gasteiger partial charge in [-0.3, -0.25) is 4.79 Å². The molecule has 6 heteroatoms. The van der Waals surface area contributed by atoms with Crippen LogP contribution in [0.25, 0.3) is 0 Å². The summed E-state index contributed by atoms with van der Waals surface area (Å²) in [5.41, 5.74) is 1.22. The Balaban J connectivity index is 1.44. The number of hydrogen-bond donors (Lipinski definition) is 1. The van der Waals surface area contributed by atoms with Crippen molar-refractivity contribution < 1.29 is 4.79 Å². The van der Waals surface area contributed by atoms with Gasteiger partial charge in [-0.1, -0.05) is 6.08 Å². The number of carbonyl (C=O) groups is 1. The van der Waals surface area contributed by atoms with Crippen LogP contribution in [0.5, 0.6) is 0 Å². The molecule has 126 valence electrons. The minimum atomic E-state index is 0.196. The van der Waals surface area contributed by atoms with Gasteiger partial charge in [0.05, 0.1) is 6.54 Å². The van der Waals surface area contributed by atoms with Gasteiger partial charge in [0.2, 0.25) is 5.91 Å². The Morgan fingerprint density at radius 1 is 1.43 bits per heavy atom. The number of amides is 1. The van der Waals surface area contributed by atoms with E-state index in [4.69, 9.17) is 0 Å². The first-order chi connectivity index (χ1) is 11.3. The molecule has 3 rings (SSSR count). The van der Waals surface area contributed by atoms with Crippen LogP contribution in [0.1, 0.15) is 44.9 Å². The molecule has 0 bridgehead atoms. The van der Waals surface area contributed by atoms with Crippen molar-refractivity contribution in [3.05, 3.63) is 23.9 Å². The first-order valence-electron chi connectivity index (χ1n) is 8.84. The number of carbonyl (C=O) groups excluding carboxylic acids is 1. The highest BCUT2D eigenvalue weighted by Crippen LogP contribution is 2.21. The highest BCUT2D eigenvalue weighted by atomic mass is 16.2. The zero-order valence-electron chi connectivity index (χ0n) is 14.0. The standard InChI is InChI=1S/C17H27N5O/c1-2-22(15-6-4-3-5-7-15)17(23)11-18-10-14-8-9-16-20-19-13-21(16)12-14/h6,13-14,18H,2-5,7-12H2,1H3. The van der Waals surface area contributed by atoms with Crippen LogP contribution < -0.4 is 5.32 Å². The van der Waals surface area contributed by atoms with Gasteiger partial charge in [0, 0.05) is 31.8 Å². The maximum atomic E-state index is 12.5. The molecule has 23 heavy (non-hydrogen) atoms. The predicted molar refractivity (Wildman–Crippen MR) is 88.6 cm³/mol. The lowest BCUT2D eigenvalue weighted by Crippen LogP contribution is -2.40. The average Bonchev–Trinajstić information content (AvgIpc) is 3.04. The molecule has 2 aliphatic rings. The van der Waals surface area contributed by atoms with Crippen LogP contribution in [0.2, 0.25) is 0 Å². The second-order valence-electron chi connectivity index (χ2n) is 6.51. The van der Waals surface area contributed by atoms with Crippen molar-refractivity contribution in [2.45, 2.75) is 52.0 Å². The minimum absolute atomic E-state index is 0.196. The summed E-state index contributed by atoms with van der Waals surface area (Å²) in [5, 5.41) is 11.4. The third-order valence-corrected chi connectivity index (χ3v) is 4.87. The summed E-state index contributed by atoms with van der Waals surface area (Å²) in [6.07, 6.45) is 10.7. The normalized spacial score (nSPS) is 20.7. The number of aromatic nitrogens is 3. The molecule has 0 radical (unpaired) electrons. The summed E-state index contributed by atoms with van der Waals surface area (Å²) in [7, 11) is 0.